The normalized spacial score (nSPS) is 15.5. The minimum absolute atomic E-state index is 0. The number of rotatable bonds is 5. The van der Waals surface area contributed by atoms with Crippen LogP contribution >= 0.6 is 12.4 Å². The van der Waals surface area contributed by atoms with Gasteiger partial charge in [-0.3, -0.25) is 9.59 Å². The van der Waals surface area contributed by atoms with Crippen molar-refractivity contribution in [1.82, 2.24) is 10.2 Å². The number of aryl methyl sites for hydroxylation is 1. The van der Waals surface area contributed by atoms with Crippen molar-refractivity contribution in [1.29, 1.82) is 0 Å². The number of carbonyl (C=O) groups excluding carboxylic acids is 2. The predicted octanol–water partition coefficient (Wildman–Crippen LogP) is 0.782. The molecule has 1 atom stereocenters. The molecule has 1 unspecified atom stereocenters. The van der Waals surface area contributed by atoms with Gasteiger partial charge in [-0.2, -0.15) is 0 Å². The molecule has 0 spiro atoms. The summed E-state index contributed by atoms with van der Waals surface area (Å²) in [5, 5.41) is 2.72. The zero-order chi connectivity index (χ0) is 15.9. The van der Waals surface area contributed by atoms with Crippen LogP contribution < -0.4 is 11.1 Å². The van der Waals surface area contributed by atoms with Crippen LogP contribution in [0.5, 0.6) is 0 Å². The maximum atomic E-state index is 12.0. The van der Waals surface area contributed by atoms with Crippen molar-refractivity contribution in [2.75, 3.05) is 32.8 Å². The highest BCUT2D eigenvalue weighted by atomic mass is 35.5. The first-order valence-corrected chi connectivity index (χ1v) is 7.53. The van der Waals surface area contributed by atoms with Crippen LogP contribution in [-0.2, 0) is 14.3 Å². The fraction of sp³-hybridized carbons (Fsp3) is 0.500. The molecule has 1 aromatic rings. The summed E-state index contributed by atoms with van der Waals surface area (Å²) in [4.78, 5) is 25.7. The molecular formula is C16H24ClN3O3. The molecule has 1 fully saturated rings. The summed E-state index contributed by atoms with van der Waals surface area (Å²) in [5.74, 6) is -0.230. The third-order valence-electron chi connectivity index (χ3n) is 3.72. The lowest BCUT2D eigenvalue weighted by Crippen LogP contribution is -2.42. The van der Waals surface area contributed by atoms with Crippen LogP contribution in [0.25, 0.3) is 0 Å². The highest BCUT2D eigenvalue weighted by Crippen LogP contribution is 2.11. The molecule has 0 bridgehead atoms. The van der Waals surface area contributed by atoms with Crippen molar-refractivity contribution in [2.24, 2.45) is 5.73 Å². The molecule has 1 aliphatic rings. The molecule has 7 heteroatoms. The fourth-order valence-corrected chi connectivity index (χ4v) is 2.30. The van der Waals surface area contributed by atoms with Gasteiger partial charge in [-0.15, -0.1) is 12.4 Å². The van der Waals surface area contributed by atoms with Gasteiger partial charge in [-0.1, -0.05) is 29.8 Å². The maximum Gasteiger partial charge on any atom is 0.241 e. The third kappa shape index (κ3) is 5.82. The number of carbonyl (C=O) groups is 2. The summed E-state index contributed by atoms with van der Waals surface area (Å²) in [6, 6.07) is 6.82. The summed E-state index contributed by atoms with van der Waals surface area (Å²) in [7, 11) is 0. The molecule has 23 heavy (non-hydrogen) atoms. The van der Waals surface area contributed by atoms with Gasteiger partial charge in [0.2, 0.25) is 11.8 Å². The number of amides is 2. The molecule has 2 amide bonds. The lowest BCUT2D eigenvalue weighted by Gasteiger charge is -2.26. The average Bonchev–Trinajstić information content (AvgIpc) is 2.55. The first-order chi connectivity index (χ1) is 10.6. The van der Waals surface area contributed by atoms with E-state index in [0.29, 0.717) is 32.8 Å². The van der Waals surface area contributed by atoms with Gasteiger partial charge in [-0.25, -0.2) is 0 Å². The molecule has 0 aliphatic carbocycles. The number of nitrogens with one attached hydrogen (secondary N) is 1. The fourth-order valence-electron chi connectivity index (χ4n) is 2.30. The Balaban J connectivity index is 0.00000264. The van der Waals surface area contributed by atoms with Crippen molar-refractivity contribution in [3.05, 3.63) is 35.4 Å². The molecule has 0 aromatic heterocycles. The van der Waals surface area contributed by atoms with Crippen LogP contribution in [0.15, 0.2) is 24.3 Å². The van der Waals surface area contributed by atoms with Gasteiger partial charge in [0.05, 0.1) is 13.2 Å². The number of halogens is 1. The van der Waals surface area contributed by atoms with Crippen molar-refractivity contribution in [2.45, 2.75) is 19.4 Å². The van der Waals surface area contributed by atoms with E-state index < -0.39 is 6.04 Å². The zero-order valence-corrected chi connectivity index (χ0v) is 14.1. The largest absolute Gasteiger partial charge is 0.378 e. The van der Waals surface area contributed by atoms with E-state index in [1.54, 1.807) is 4.90 Å². The summed E-state index contributed by atoms with van der Waals surface area (Å²) < 4.78 is 5.20. The van der Waals surface area contributed by atoms with Crippen molar-refractivity contribution >= 4 is 24.2 Å². The van der Waals surface area contributed by atoms with Crippen LogP contribution in [-0.4, -0.2) is 49.6 Å². The van der Waals surface area contributed by atoms with Gasteiger partial charge in [0.1, 0.15) is 6.04 Å². The number of nitrogens with zero attached hydrogens (tertiary/aromatic N) is 1. The van der Waals surface area contributed by atoms with Crippen molar-refractivity contribution in [3.63, 3.8) is 0 Å². The molecule has 1 saturated heterocycles. The van der Waals surface area contributed by atoms with Gasteiger partial charge in [-0.05, 0) is 12.5 Å². The van der Waals surface area contributed by atoms with Crippen LogP contribution in [0, 0.1) is 6.92 Å². The zero-order valence-electron chi connectivity index (χ0n) is 13.3. The Morgan fingerprint density at radius 2 is 1.87 bits per heavy atom. The smallest absolute Gasteiger partial charge is 0.241 e. The van der Waals surface area contributed by atoms with Crippen LogP contribution in [0.1, 0.15) is 23.6 Å². The first kappa shape index (κ1) is 19.4. The topological polar surface area (TPSA) is 84.7 Å². The van der Waals surface area contributed by atoms with E-state index in [1.807, 2.05) is 31.2 Å². The van der Waals surface area contributed by atoms with Gasteiger partial charge in [0.15, 0.2) is 0 Å². The Bertz CT molecular complexity index is 516. The number of hydrogen-bond acceptors (Lipinski definition) is 4. The Labute approximate surface area is 142 Å². The van der Waals surface area contributed by atoms with Crippen LogP contribution in [0.3, 0.4) is 0 Å². The second-order valence-electron chi connectivity index (χ2n) is 5.42. The molecule has 1 aliphatic heterocycles. The molecule has 6 nitrogen and oxygen atoms in total. The first-order valence-electron chi connectivity index (χ1n) is 7.53. The molecule has 3 N–H and O–H groups in total. The SMILES string of the molecule is Cc1ccc(C(N)C(=O)NCCC(=O)N2CCOCC2)cc1.Cl. The Morgan fingerprint density at radius 3 is 2.48 bits per heavy atom. The lowest BCUT2D eigenvalue weighted by atomic mass is 10.1. The molecule has 2 rings (SSSR count). The average molecular weight is 342 g/mol. The number of hydrogen-bond donors (Lipinski definition) is 2. The third-order valence-corrected chi connectivity index (χ3v) is 3.72. The van der Waals surface area contributed by atoms with Gasteiger partial charge < -0.3 is 20.7 Å². The van der Waals surface area contributed by atoms with E-state index in [0.717, 1.165) is 11.1 Å². The number of benzene rings is 1. The maximum absolute atomic E-state index is 12.0. The van der Waals surface area contributed by atoms with Gasteiger partial charge >= 0.3 is 0 Å². The molecular weight excluding hydrogens is 318 g/mol. The van der Waals surface area contributed by atoms with Gasteiger partial charge in [0, 0.05) is 26.1 Å². The second-order valence-corrected chi connectivity index (χ2v) is 5.42. The summed E-state index contributed by atoms with van der Waals surface area (Å²) in [6.07, 6.45) is 0.284. The molecule has 0 saturated carbocycles. The Hall–Kier alpha value is -1.63. The van der Waals surface area contributed by atoms with E-state index in [-0.39, 0.29) is 30.6 Å². The minimum atomic E-state index is -0.709. The van der Waals surface area contributed by atoms with E-state index in [1.165, 1.54) is 0 Å². The molecule has 0 radical (unpaired) electrons. The lowest BCUT2D eigenvalue weighted by molar-refractivity contribution is -0.135. The summed E-state index contributed by atoms with van der Waals surface area (Å²) >= 11 is 0. The quantitative estimate of drug-likeness (QED) is 0.829. The Morgan fingerprint density at radius 1 is 1.26 bits per heavy atom. The summed E-state index contributed by atoms with van der Waals surface area (Å²) in [6.45, 7) is 4.68. The molecule has 1 heterocycles. The molecule has 128 valence electrons. The monoisotopic (exact) mass is 341 g/mol. The Kier molecular flexibility index (Phi) is 8.02. The highest BCUT2D eigenvalue weighted by molar-refractivity contribution is 5.85. The number of morpholine rings is 1. The van der Waals surface area contributed by atoms with E-state index in [9.17, 15) is 9.59 Å². The van der Waals surface area contributed by atoms with Gasteiger partial charge in [0.25, 0.3) is 0 Å². The van der Waals surface area contributed by atoms with E-state index in [4.69, 9.17) is 10.5 Å². The van der Waals surface area contributed by atoms with E-state index in [2.05, 4.69) is 5.32 Å². The number of nitrogens with two attached hydrogens (primary N) is 1. The van der Waals surface area contributed by atoms with E-state index >= 15 is 0 Å². The number of ether oxygens (including phenoxy) is 1. The highest BCUT2D eigenvalue weighted by Gasteiger charge is 2.18. The van der Waals surface area contributed by atoms with Crippen molar-refractivity contribution < 1.29 is 14.3 Å². The second kappa shape index (κ2) is 9.50. The predicted molar refractivity (Wildman–Crippen MR) is 90.4 cm³/mol. The minimum Gasteiger partial charge on any atom is -0.378 e. The summed E-state index contributed by atoms with van der Waals surface area (Å²) in [5.41, 5.74) is 7.81. The molecule has 1 aromatic carbocycles. The van der Waals surface area contributed by atoms with Crippen molar-refractivity contribution in [3.8, 4) is 0 Å². The van der Waals surface area contributed by atoms with Crippen LogP contribution in [0.2, 0.25) is 0 Å². The standard InChI is InChI=1S/C16H23N3O3.ClH/c1-12-2-4-13(5-3-12)15(17)16(21)18-7-6-14(20)19-8-10-22-11-9-19;/h2-5,15H,6-11,17H2,1H3,(H,18,21);1H. The van der Waals surface area contributed by atoms with Crippen LogP contribution in [0.4, 0.5) is 0 Å².